The Morgan fingerprint density at radius 3 is 2.38 bits per heavy atom. The van der Waals surface area contributed by atoms with Crippen LogP contribution in [0.15, 0.2) is 48.5 Å². The molecule has 2 aromatic carbocycles. The molecule has 7 nitrogen and oxygen atoms in total. The van der Waals surface area contributed by atoms with E-state index < -0.39 is 28.4 Å². The molecule has 2 atom stereocenters. The number of ether oxygens (including phenoxy) is 1. The summed E-state index contributed by atoms with van der Waals surface area (Å²) in [5, 5.41) is 10.6. The van der Waals surface area contributed by atoms with Gasteiger partial charge in [-0.1, -0.05) is 31.4 Å². The van der Waals surface area contributed by atoms with E-state index in [4.69, 9.17) is 25.3 Å². The summed E-state index contributed by atoms with van der Waals surface area (Å²) in [6.45, 7) is 6.59. The van der Waals surface area contributed by atoms with Gasteiger partial charge in [-0.05, 0) is 74.1 Å². The van der Waals surface area contributed by atoms with Crippen molar-refractivity contribution in [1.82, 2.24) is 4.67 Å². The molecule has 1 aliphatic heterocycles. The molecule has 0 bridgehead atoms. The molecule has 1 fully saturated rings. The van der Waals surface area contributed by atoms with Gasteiger partial charge in [0.2, 0.25) is 0 Å². The van der Waals surface area contributed by atoms with E-state index in [1.54, 1.807) is 48.5 Å². The van der Waals surface area contributed by atoms with Crippen LogP contribution in [0.2, 0.25) is 24.2 Å². The molecule has 2 unspecified atom stereocenters. The van der Waals surface area contributed by atoms with E-state index in [-0.39, 0.29) is 19.3 Å². The van der Waals surface area contributed by atoms with Crippen LogP contribution < -0.4 is 10.0 Å². The van der Waals surface area contributed by atoms with Gasteiger partial charge in [-0.3, -0.25) is 9.36 Å². The average Bonchev–Trinajstić information content (AvgIpc) is 2.93. The highest BCUT2D eigenvalue weighted by Crippen LogP contribution is 2.51. The zero-order valence-corrected chi connectivity index (χ0v) is 22.6. The molecule has 34 heavy (non-hydrogen) atoms. The zero-order chi connectivity index (χ0) is 24.8. The van der Waals surface area contributed by atoms with Gasteiger partial charge in [0.05, 0.1) is 18.0 Å². The molecule has 0 radical (unpaired) electrons. The summed E-state index contributed by atoms with van der Waals surface area (Å²) in [5.74, 6) is 0.119. The molecule has 1 heterocycles. The number of rotatable bonds is 10. The molecule has 0 aromatic heterocycles. The first-order valence-corrected chi connectivity index (χ1v) is 16.6. The van der Waals surface area contributed by atoms with Crippen LogP contribution in [0.3, 0.4) is 0 Å². The molecule has 1 saturated heterocycles. The van der Waals surface area contributed by atoms with Crippen molar-refractivity contribution in [1.29, 1.82) is 0 Å². The summed E-state index contributed by atoms with van der Waals surface area (Å²) in [4.78, 5) is 11.6. The van der Waals surface area contributed by atoms with Crippen molar-refractivity contribution in [3.8, 4) is 11.5 Å². The van der Waals surface area contributed by atoms with Gasteiger partial charge < -0.3 is 18.8 Å². The Labute approximate surface area is 207 Å². The summed E-state index contributed by atoms with van der Waals surface area (Å²) in [5.41, 5.74) is 0. The molecular formula is C24H33ClNO6PSi. The van der Waals surface area contributed by atoms with Gasteiger partial charge in [0.1, 0.15) is 18.0 Å². The normalized spacial score (nSPS) is 21.7. The molecule has 186 valence electrons. The number of nitrogens with zero attached hydrogens (tertiary/aromatic N) is 1. The lowest BCUT2D eigenvalue weighted by molar-refractivity contribution is -0.137. The van der Waals surface area contributed by atoms with E-state index in [9.17, 15) is 14.5 Å². The van der Waals surface area contributed by atoms with E-state index in [1.165, 1.54) is 4.67 Å². The second-order valence-electron chi connectivity index (χ2n) is 9.04. The molecule has 0 amide bonds. The summed E-state index contributed by atoms with van der Waals surface area (Å²) in [6, 6.07) is 14.8. The number of unbranched alkanes of at least 4 members (excludes halogenated alkanes) is 1. The molecule has 10 heteroatoms. The molecular weight excluding hydrogens is 493 g/mol. The van der Waals surface area contributed by atoms with Crippen molar-refractivity contribution in [2.45, 2.75) is 51.4 Å². The summed E-state index contributed by atoms with van der Waals surface area (Å²) in [7, 11) is -5.51. The standard InChI is InChI=1S/C24H33ClNO6PSi/c1-4-5-16-34(2,3)32-22-14-15-30-33(29,26(17-22)18-24(27)28)23-12-10-21(11-13-23)31-20-8-6-19(25)7-9-20/h6-13,22H,4-5,14-18H2,1-3H3,(H,27,28). The van der Waals surface area contributed by atoms with Crippen molar-refractivity contribution in [3.05, 3.63) is 53.6 Å². The van der Waals surface area contributed by atoms with Crippen LogP contribution in [-0.4, -0.2) is 49.9 Å². The van der Waals surface area contributed by atoms with Crippen LogP contribution in [0.5, 0.6) is 11.5 Å². The lowest BCUT2D eigenvalue weighted by Gasteiger charge is -2.32. The predicted octanol–water partition coefficient (Wildman–Crippen LogP) is 6.15. The number of carbonyl (C=O) groups is 1. The first-order valence-electron chi connectivity index (χ1n) is 11.5. The largest absolute Gasteiger partial charge is 0.480 e. The third-order valence-corrected chi connectivity index (χ3v) is 11.0. The van der Waals surface area contributed by atoms with Crippen molar-refractivity contribution < 1.29 is 28.2 Å². The molecule has 0 saturated carbocycles. The second-order valence-corrected chi connectivity index (χ2v) is 16.1. The molecule has 2 aromatic rings. The van der Waals surface area contributed by atoms with Crippen molar-refractivity contribution in [2.24, 2.45) is 0 Å². The molecule has 0 aliphatic carbocycles. The fourth-order valence-electron chi connectivity index (χ4n) is 3.93. The minimum absolute atomic E-state index is 0.221. The summed E-state index contributed by atoms with van der Waals surface area (Å²) in [6.07, 6.45) is 2.55. The fourth-order valence-corrected chi connectivity index (χ4v) is 8.69. The van der Waals surface area contributed by atoms with Gasteiger partial charge >= 0.3 is 13.5 Å². The van der Waals surface area contributed by atoms with Gasteiger partial charge in [0.25, 0.3) is 0 Å². The first kappa shape index (κ1) is 26.9. The summed E-state index contributed by atoms with van der Waals surface area (Å²) >= 11 is 5.91. The number of halogens is 1. The minimum atomic E-state index is -3.59. The Balaban J connectivity index is 1.78. The number of hydrogen-bond donors (Lipinski definition) is 1. The maximum atomic E-state index is 14.1. The van der Waals surface area contributed by atoms with Gasteiger partial charge in [-0.25, -0.2) is 4.67 Å². The van der Waals surface area contributed by atoms with E-state index in [2.05, 4.69) is 20.0 Å². The highest BCUT2D eigenvalue weighted by molar-refractivity contribution is 7.64. The highest BCUT2D eigenvalue weighted by Gasteiger charge is 2.40. The Morgan fingerprint density at radius 2 is 1.79 bits per heavy atom. The maximum Gasteiger partial charge on any atom is 0.318 e. The van der Waals surface area contributed by atoms with E-state index in [1.807, 2.05) is 0 Å². The molecule has 1 aliphatic rings. The number of carboxylic acid groups (broad SMARTS) is 1. The number of carboxylic acids is 1. The van der Waals surface area contributed by atoms with Crippen LogP contribution in [0, 0.1) is 0 Å². The average molecular weight is 526 g/mol. The smallest absolute Gasteiger partial charge is 0.318 e. The molecule has 3 rings (SSSR count). The predicted molar refractivity (Wildman–Crippen MR) is 137 cm³/mol. The minimum Gasteiger partial charge on any atom is -0.480 e. The van der Waals surface area contributed by atoms with Crippen LogP contribution >= 0.6 is 19.1 Å². The van der Waals surface area contributed by atoms with Gasteiger partial charge in [-0.2, -0.15) is 0 Å². The zero-order valence-electron chi connectivity index (χ0n) is 19.9. The molecule has 1 N–H and O–H groups in total. The van der Waals surface area contributed by atoms with Crippen molar-refractivity contribution >= 4 is 38.7 Å². The Hall–Kier alpha value is -1.67. The quantitative estimate of drug-likeness (QED) is 0.294. The highest BCUT2D eigenvalue weighted by atomic mass is 35.5. The monoisotopic (exact) mass is 525 g/mol. The third kappa shape index (κ3) is 7.41. The van der Waals surface area contributed by atoms with E-state index in [0.717, 1.165) is 18.9 Å². The number of aliphatic carboxylic acids is 1. The van der Waals surface area contributed by atoms with Crippen LogP contribution in [-0.2, 0) is 18.3 Å². The van der Waals surface area contributed by atoms with Gasteiger partial charge in [-0.15, -0.1) is 0 Å². The van der Waals surface area contributed by atoms with Gasteiger partial charge in [0, 0.05) is 11.6 Å². The molecule has 0 spiro atoms. The van der Waals surface area contributed by atoms with E-state index >= 15 is 0 Å². The topological polar surface area (TPSA) is 85.3 Å². The Bertz CT molecular complexity index is 1000. The maximum absolute atomic E-state index is 14.1. The van der Waals surface area contributed by atoms with Crippen LogP contribution in [0.25, 0.3) is 0 Å². The van der Waals surface area contributed by atoms with E-state index in [0.29, 0.717) is 28.2 Å². The second kappa shape index (κ2) is 11.8. The lowest BCUT2D eigenvalue weighted by atomic mass is 10.2. The number of benzene rings is 2. The van der Waals surface area contributed by atoms with Crippen LogP contribution in [0.4, 0.5) is 0 Å². The van der Waals surface area contributed by atoms with Crippen LogP contribution in [0.1, 0.15) is 26.2 Å². The third-order valence-electron chi connectivity index (χ3n) is 5.64. The summed E-state index contributed by atoms with van der Waals surface area (Å²) < 4.78 is 33.7. The lowest BCUT2D eigenvalue weighted by Crippen LogP contribution is -2.42. The Morgan fingerprint density at radius 1 is 1.18 bits per heavy atom. The van der Waals surface area contributed by atoms with Crippen molar-refractivity contribution in [2.75, 3.05) is 19.7 Å². The van der Waals surface area contributed by atoms with Gasteiger partial charge in [0.15, 0.2) is 8.32 Å². The SMILES string of the molecule is CCCC[Si](C)(C)OC1CCOP(=O)(c2ccc(Oc3ccc(Cl)cc3)cc2)N(CC(=O)O)C1. The van der Waals surface area contributed by atoms with Crippen molar-refractivity contribution in [3.63, 3.8) is 0 Å². The number of hydrogen-bond acceptors (Lipinski definition) is 5. The fraction of sp³-hybridized carbons (Fsp3) is 0.458. The Kier molecular flexibility index (Phi) is 9.38. The first-order chi connectivity index (χ1) is 16.1.